The Balaban J connectivity index is 2.29. The molecule has 2 rings (SSSR count). The highest BCUT2D eigenvalue weighted by Crippen LogP contribution is 2.30. The van der Waals surface area contributed by atoms with E-state index in [2.05, 4.69) is 26.2 Å². The van der Waals surface area contributed by atoms with Crippen molar-refractivity contribution in [2.45, 2.75) is 20.3 Å². The van der Waals surface area contributed by atoms with Crippen molar-refractivity contribution in [2.24, 2.45) is 0 Å². The Kier molecular flexibility index (Phi) is 5.67. The molecule has 4 nitrogen and oxygen atoms in total. The highest BCUT2D eigenvalue weighted by molar-refractivity contribution is 9.10. The number of aromatic nitrogens is 2. The summed E-state index contributed by atoms with van der Waals surface area (Å²) in [5, 5.41) is 4.08. The quantitative estimate of drug-likeness (QED) is 0.766. The van der Waals surface area contributed by atoms with Gasteiger partial charge in [0.05, 0.1) is 11.4 Å². The molecule has 0 atom stereocenters. The van der Waals surface area contributed by atoms with Gasteiger partial charge in [0.2, 0.25) is 5.95 Å². The van der Waals surface area contributed by atoms with Gasteiger partial charge in [-0.05, 0) is 53.9 Å². The largest absolute Gasteiger partial charge is 0.385 e. The van der Waals surface area contributed by atoms with Crippen molar-refractivity contribution in [3.63, 3.8) is 0 Å². The van der Waals surface area contributed by atoms with Gasteiger partial charge in [-0.3, -0.25) is 4.57 Å². The van der Waals surface area contributed by atoms with Gasteiger partial charge in [-0.25, -0.2) is 4.98 Å². The zero-order chi connectivity index (χ0) is 15.4. The molecule has 1 aromatic heterocycles. The van der Waals surface area contributed by atoms with E-state index in [4.69, 9.17) is 16.3 Å². The zero-order valence-electron chi connectivity index (χ0n) is 12.4. The number of hydrogen-bond donors (Lipinski definition) is 1. The third-order valence-electron chi connectivity index (χ3n) is 3.12. The van der Waals surface area contributed by atoms with Gasteiger partial charge in [-0.1, -0.05) is 11.6 Å². The number of imidazole rings is 1. The van der Waals surface area contributed by atoms with Crippen LogP contribution >= 0.6 is 27.5 Å². The Bertz CT molecular complexity index is 628. The summed E-state index contributed by atoms with van der Waals surface area (Å²) < 4.78 is 8.05. The van der Waals surface area contributed by atoms with Gasteiger partial charge < -0.3 is 10.1 Å². The van der Waals surface area contributed by atoms with E-state index in [-0.39, 0.29) is 0 Å². The molecule has 1 aromatic carbocycles. The molecule has 0 aliphatic carbocycles. The third kappa shape index (κ3) is 3.99. The molecule has 0 aliphatic rings. The molecule has 0 unspecified atom stereocenters. The number of methoxy groups -OCH3 is 1. The molecule has 0 amide bonds. The molecule has 0 radical (unpaired) electrons. The van der Waals surface area contributed by atoms with Crippen LogP contribution < -0.4 is 5.32 Å². The fraction of sp³-hybridized carbons (Fsp3) is 0.400. The maximum absolute atomic E-state index is 6.25. The lowest BCUT2D eigenvalue weighted by molar-refractivity contribution is 0.197. The molecule has 2 aromatic rings. The van der Waals surface area contributed by atoms with Crippen molar-refractivity contribution in [1.82, 2.24) is 9.55 Å². The Morgan fingerprint density at radius 2 is 2.14 bits per heavy atom. The summed E-state index contributed by atoms with van der Waals surface area (Å²) in [6, 6.07) is 3.96. The lowest BCUT2D eigenvalue weighted by atomic mass is 10.2. The average molecular weight is 373 g/mol. The molecule has 0 saturated heterocycles. The van der Waals surface area contributed by atoms with Crippen molar-refractivity contribution in [3.05, 3.63) is 39.1 Å². The smallest absolute Gasteiger partial charge is 0.207 e. The number of aryl methyl sites for hydroxylation is 2. The van der Waals surface area contributed by atoms with Gasteiger partial charge in [-0.2, -0.15) is 0 Å². The molecule has 0 fully saturated rings. The second-order valence-corrected chi connectivity index (χ2v) is 6.16. The van der Waals surface area contributed by atoms with E-state index in [1.807, 2.05) is 36.7 Å². The van der Waals surface area contributed by atoms with E-state index in [9.17, 15) is 0 Å². The first-order chi connectivity index (χ1) is 10.0. The standard InChI is InChI=1S/C15H19BrClN3O/c1-10-7-12(16)14(8-13(10)17)20-9-11(2)19-15(20)18-5-4-6-21-3/h7-9H,4-6H2,1-3H3,(H,18,19). The van der Waals surface area contributed by atoms with E-state index in [0.717, 1.165) is 52.0 Å². The molecule has 21 heavy (non-hydrogen) atoms. The predicted molar refractivity (Wildman–Crippen MR) is 90.7 cm³/mol. The second kappa shape index (κ2) is 7.29. The molecule has 0 spiro atoms. The van der Waals surface area contributed by atoms with Crippen LogP contribution in [0, 0.1) is 13.8 Å². The number of halogens is 2. The van der Waals surface area contributed by atoms with Crippen LogP contribution in [0.2, 0.25) is 5.02 Å². The van der Waals surface area contributed by atoms with Gasteiger partial charge >= 0.3 is 0 Å². The van der Waals surface area contributed by atoms with E-state index in [0.29, 0.717) is 0 Å². The van der Waals surface area contributed by atoms with Crippen molar-refractivity contribution < 1.29 is 4.74 Å². The minimum Gasteiger partial charge on any atom is -0.385 e. The molecule has 0 bridgehead atoms. The van der Waals surface area contributed by atoms with E-state index in [1.54, 1.807) is 7.11 Å². The summed E-state index contributed by atoms with van der Waals surface area (Å²) in [6.45, 7) is 5.49. The number of ether oxygens (including phenoxy) is 1. The predicted octanol–water partition coefficient (Wildman–Crippen LogP) is 4.35. The SMILES string of the molecule is COCCCNc1nc(C)cn1-c1cc(Cl)c(C)cc1Br. The fourth-order valence-electron chi connectivity index (χ4n) is 2.04. The van der Waals surface area contributed by atoms with Gasteiger partial charge in [-0.15, -0.1) is 0 Å². The van der Waals surface area contributed by atoms with Gasteiger partial charge in [0.1, 0.15) is 0 Å². The molecule has 0 aliphatic heterocycles. The second-order valence-electron chi connectivity index (χ2n) is 4.90. The summed E-state index contributed by atoms with van der Waals surface area (Å²) in [5.74, 6) is 0.809. The van der Waals surface area contributed by atoms with Crippen molar-refractivity contribution in [1.29, 1.82) is 0 Å². The lowest BCUT2D eigenvalue weighted by Gasteiger charge is -2.12. The highest BCUT2D eigenvalue weighted by Gasteiger charge is 2.12. The minimum atomic E-state index is 0.729. The first kappa shape index (κ1) is 16.3. The van der Waals surface area contributed by atoms with Crippen LogP contribution in [0.1, 0.15) is 17.7 Å². The highest BCUT2D eigenvalue weighted by atomic mass is 79.9. The molecule has 1 N–H and O–H groups in total. The lowest BCUT2D eigenvalue weighted by Crippen LogP contribution is -2.09. The summed E-state index contributed by atoms with van der Waals surface area (Å²) in [5.41, 5.74) is 2.96. The Hall–Kier alpha value is -1.04. The normalized spacial score (nSPS) is 10.9. The maximum atomic E-state index is 6.25. The third-order valence-corrected chi connectivity index (χ3v) is 4.16. The van der Waals surface area contributed by atoms with Gasteiger partial charge in [0, 0.05) is 36.0 Å². The molecular weight excluding hydrogens is 354 g/mol. The zero-order valence-corrected chi connectivity index (χ0v) is 14.8. The number of nitrogens with zero attached hydrogens (tertiary/aromatic N) is 2. The summed E-state index contributed by atoms with van der Waals surface area (Å²) >= 11 is 9.85. The fourth-order valence-corrected chi connectivity index (χ4v) is 2.85. The van der Waals surface area contributed by atoms with E-state index in [1.165, 1.54) is 0 Å². The van der Waals surface area contributed by atoms with Crippen LogP contribution in [-0.2, 0) is 4.74 Å². The number of anilines is 1. The molecule has 6 heteroatoms. The van der Waals surface area contributed by atoms with Gasteiger partial charge in [0.15, 0.2) is 0 Å². The van der Waals surface area contributed by atoms with Crippen molar-refractivity contribution in [2.75, 3.05) is 25.6 Å². The molecular formula is C15H19BrClN3O. The maximum Gasteiger partial charge on any atom is 0.207 e. The molecule has 0 saturated carbocycles. The summed E-state index contributed by atoms with van der Waals surface area (Å²) in [7, 11) is 1.70. The van der Waals surface area contributed by atoms with Crippen LogP contribution in [-0.4, -0.2) is 29.8 Å². The van der Waals surface area contributed by atoms with Crippen molar-refractivity contribution >= 4 is 33.5 Å². The summed E-state index contributed by atoms with van der Waals surface area (Å²) in [6.07, 6.45) is 2.92. The Morgan fingerprint density at radius 3 is 2.86 bits per heavy atom. The van der Waals surface area contributed by atoms with E-state index >= 15 is 0 Å². The average Bonchev–Trinajstić information content (AvgIpc) is 2.80. The van der Waals surface area contributed by atoms with Crippen LogP contribution in [0.4, 0.5) is 5.95 Å². The minimum absolute atomic E-state index is 0.729. The van der Waals surface area contributed by atoms with Crippen LogP contribution in [0.25, 0.3) is 5.69 Å². The van der Waals surface area contributed by atoms with Crippen LogP contribution in [0.3, 0.4) is 0 Å². The first-order valence-electron chi connectivity index (χ1n) is 6.77. The topological polar surface area (TPSA) is 39.1 Å². The van der Waals surface area contributed by atoms with Crippen LogP contribution in [0.5, 0.6) is 0 Å². The molecule has 1 heterocycles. The first-order valence-corrected chi connectivity index (χ1v) is 7.95. The van der Waals surface area contributed by atoms with Crippen LogP contribution in [0.15, 0.2) is 22.8 Å². The number of nitrogens with one attached hydrogen (secondary N) is 1. The van der Waals surface area contributed by atoms with Crippen molar-refractivity contribution in [3.8, 4) is 5.69 Å². The number of hydrogen-bond acceptors (Lipinski definition) is 3. The summed E-state index contributed by atoms with van der Waals surface area (Å²) in [4.78, 5) is 4.52. The number of benzene rings is 1. The monoisotopic (exact) mass is 371 g/mol. The molecule has 114 valence electrons. The Morgan fingerprint density at radius 1 is 1.38 bits per heavy atom. The van der Waals surface area contributed by atoms with E-state index < -0.39 is 0 Å². The van der Waals surface area contributed by atoms with Gasteiger partial charge in [0.25, 0.3) is 0 Å². The number of rotatable bonds is 6. The Labute approximate surface area is 138 Å².